The van der Waals surface area contributed by atoms with Crippen LogP contribution in [0.3, 0.4) is 0 Å². The molecule has 1 heterocycles. The minimum absolute atomic E-state index is 0.0250. The number of aryl methyl sites for hydroxylation is 2. The molecule has 1 aromatic heterocycles. The van der Waals surface area contributed by atoms with Gasteiger partial charge in [0.05, 0.1) is 19.9 Å². The lowest BCUT2D eigenvalue weighted by Crippen LogP contribution is -2.19. The first-order valence-corrected chi connectivity index (χ1v) is 8.65. The molecule has 2 aromatic rings. The van der Waals surface area contributed by atoms with Gasteiger partial charge in [-0.05, 0) is 31.5 Å². The van der Waals surface area contributed by atoms with Crippen LogP contribution >= 0.6 is 0 Å². The highest BCUT2D eigenvalue weighted by Gasteiger charge is 2.25. The molecule has 0 amide bonds. The van der Waals surface area contributed by atoms with Crippen molar-refractivity contribution in [3.05, 3.63) is 35.5 Å². The van der Waals surface area contributed by atoms with Crippen molar-refractivity contribution in [2.75, 3.05) is 18.4 Å². The van der Waals surface area contributed by atoms with E-state index < -0.39 is 16.0 Å². The van der Waals surface area contributed by atoms with Gasteiger partial charge in [0.15, 0.2) is 5.82 Å². The predicted octanol–water partition coefficient (Wildman–Crippen LogP) is 1.71. The Balaban J connectivity index is 2.46. The molecule has 0 saturated carbocycles. The summed E-state index contributed by atoms with van der Waals surface area (Å²) in [4.78, 5) is 11.9. The summed E-state index contributed by atoms with van der Waals surface area (Å²) < 4.78 is 39.1. The van der Waals surface area contributed by atoms with Crippen LogP contribution in [0, 0.1) is 6.92 Å². The lowest BCUT2D eigenvalue weighted by atomic mass is 10.2. The lowest BCUT2D eigenvalue weighted by Gasteiger charge is -2.13. The highest BCUT2D eigenvalue weighted by Crippen LogP contribution is 2.27. The van der Waals surface area contributed by atoms with Gasteiger partial charge < -0.3 is 9.47 Å². The number of nitrogens with one attached hydrogen (secondary N) is 1. The standard InChI is InChI=1S/C15H19N3O5S/c1-5-23-15(19)11-9-16-18(3)14(11)17-24(20,21)13-8-10(2)6-7-12(13)22-4/h6-9,17H,5H2,1-4H3. The zero-order valence-corrected chi connectivity index (χ0v) is 14.7. The van der Waals surface area contributed by atoms with Crippen molar-refractivity contribution in [1.82, 2.24) is 9.78 Å². The van der Waals surface area contributed by atoms with E-state index >= 15 is 0 Å². The third-order valence-electron chi connectivity index (χ3n) is 3.27. The molecule has 0 unspecified atom stereocenters. The van der Waals surface area contributed by atoms with E-state index in [9.17, 15) is 13.2 Å². The summed E-state index contributed by atoms with van der Waals surface area (Å²) in [6.07, 6.45) is 1.25. The monoisotopic (exact) mass is 353 g/mol. The Labute approximate surface area is 140 Å². The average molecular weight is 353 g/mol. The first kappa shape index (κ1) is 17.8. The maximum Gasteiger partial charge on any atom is 0.343 e. The second-order valence-corrected chi connectivity index (χ2v) is 6.66. The van der Waals surface area contributed by atoms with Crippen molar-refractivity contribution < 1.29 is 22.7 Å². The number of aromatic nitrogens is 2. The minimum atomic E-state index is -3.99. The van der Waals surface area contributed by atoms with Crippen molar-refractivity contribution in [2.45, 2.75) is 18.7 Å². The van der Waals surface area contributed by atoms with E-state index in [0.29, 0.717) is 0 Å². The van der Waals surface area contributed by atoms with E-state index in [-0.39, 0.29) is 28.6 Å². The fourth-order valence-corrected chi connectivity index (χ4v) is 3.46. The second-order valence-electron chi connectivity index (χ2n) is 5.01. The molecule has 0 aliphatic carbocycles. The third-order valence-corrected chi connectivity index (χ3v) is 4.63. The number of hydrogen-bond donors (Lipinski definition) is 1. The number of rotatable bonds is 6. The van der Waals surface area contributed by atoms with Crippen molar-refractivity contribution in [1.29, 1.82) is 0 Å². The predicted molar refractivity (Wildman–Crippen MR) is 87.7 cm³/mol. The van der Waals surface area contributed by atoms with Gasteiger partial charge in [-0.25, -0.2) is 13.2 Å². The fraction of sp³-hybridized carbons (Fsp3) is 0.333. The quantitative estimate of drug-likeness (QED) is 0.794. The first-order valence-electron chi connectivity index (χ1n) is 7.16. The zero-order chi connectivity index (χ0) is 17.9. The summed E-state index contributed by atoms with van der Waals surface area (Å²) in [6, 6.07) is 4.80. The summed E-state index contributed by atoms with van der Waals surface area (Å²) in [5.74, 6) is -0.426. The Hall–Kier alpha value is -2.55. The van der Waals surface area contributed by atoms with Gasteiger partial charge in [-0.1, -0.05) is 6.07 Å². The van der Waals surface area contributed by atoms with E-state index in [2.05, 4.69) is 9.82 Å². The second kappa shape index (κ2) is 6.91. The fourth-order valence-electron chi connectivity index (χ4n) is 2.09. The van der Waals surface area contributed by atoms with Crippen LogP contribution in [0.1, 0.15) is 22.8 Å². The van der Waals surface area contributed by atoms with Gasteiger partial charge in [0.1, 0.15) is 16.2 Å². The molecule has 1 aromatic carbocycles. The Kier molecular flexibility index (Phi) is 5.13. The topological polar surface area (TPSA) is 99.5 Å². The highest BCUT2D eigenvalue weighted by molar-refractivity contribution is 7.92. The van der Waals surface area contributed by atoms with E-state index in [0.717, 1.165) is 5.56 Å². The molecule has 0 bridgehead atoms. The van der Waals surface area contributed by atoms with Crippen molar-refractivity contribution >= 4 is 21.8 Å². The molecule has 0 radical (unpaired) electrons. The Morgan fingerprint density at radius 3 is 2.71 bits per heavy atom. The van der Waals surface area contributed by atoms with Gasteiger partial charge in [-0.2, -0.15) is 5.10 Å². The number of nitrogens with zero attached hydrogens (tertiary/aromatic N) is 2. The highest BCUT2D eigenvalue weighted by atomic mass is 32.2. The van der Waals surface area contributed by atoms with Gasteiger partial charge >= 0.3 is 5.97 Å². The number of ether oxygens (including phenoxy) is 2. The number of methoxy groups -OCH3 is 1. The van der Waals surface area contributed by atoms with E-state index in [4.69, 9.17) is 9.47 Å². The molecule has 0 saturated heterocycles. The number of carbonyl (C=O) groups excluding carboxylic acids is 1. The summed E-state index contributed by atoms with van der Waals surface area (Å²) in [5.41, 5.74) is 0.793. The molecule has 9 heteroatoms. The molecule has 1 N–H and O–H groups in total. The lowest BCUT2D eigenvalue weighted by molar-refractivity contribution is 0.0527. The van der Waals surface area contributed by atoms with Crippen LogP contribution in [-0.2, 0) is 21.8 Å². The van der Waals surface area contributed by atoms with Gasteiger partial charge in [-0.15, -0.1) is 0 Å². The molecular formula is C15H19N3O5S. The van der Waals surface area contributed by atoms with Gasteiger partial charge in [0, 0.05) is 7.05 Å². The molecule has 130 valence electrons. The Morgan fingerprint density at radius 1 is 1.38 bits per heavy atom. The number of hydrogen-bond acceptors (Lipinski definition) is 6. The van der Waals surface area contributed by atoms with E-state index in [1.165, 1.54) is 31.1 Å². The average Bonchev–Trinajstić information content (AvgIpc) is 2.88. The molecule has 24 heavy (non-hydrogen) atoms. The van der Waals surface area contributed by atoms with Crippen LogP contribution in [0.15, 0.2) is 29.3 Å². The zero-order valence-electron chi connectivity index (χ0n) is 13.9. The summed E-state index contributed by atoms with van der Waals surface area (Å²) in [7, 11) is -1.08. The van der Waals surface area contributed by atoms with Crippen LogP contribution in [0.2, 0.25) is 0 Å². The van der Waals surface area contributed by atoms with Crippen LogP contribution in [-0.4, -0.2) is 37.9 Å². The van der Waals surface area contributed by atoms with Gasteiger partial charge in [0.25, 0.3) is 10.0 Å². The van der Waals surface area contributed by atoms with Crippen LogP contribution in [0.25, 0.3) is 0 Å². The molecule has 8 nitrogen and oxygen atoms in total. The Bertz CT molecular complexity index is 858. The summed E-state index contributed by atoms with van der Waals surface area (Å²) >= 11 is 0. The molecule has 2 rings (SSSR count). The number of benzene rings is 1. The summed E-state index contributed by atoms with van der Waals surface area (Å²) in [6.45, 7) is 3.61. The molecular weight excluding hydrogens is 334 g/mol. The van der Waals surface area contributed by atoms with Crippen molar-refractivity contribution in [2.24, 2.45) is 7.05 Å². The number of esters is 1. The Morgan fingerprint density at radius 2 is 2.08 bits per heavy atom. The van der Waals surface area contributed by atoms with E-state index in [1.54, 1.807) is 26.0 Å². The summed E-state index contributed by atoms with van der Waals surface area (Å²) in [5, 5.41) is 3.92. The number of carbonyl (C=O) groups is 1. The molecule has 0 spiro atoms. The first-order chi connectivity index (χ1) is 11.3. The normalized spacial score (nSPS) is 11.2. The van der Waals surface area contributed by atoms with Crippen LogP contribution in [0.4, 0.5) is 5.82 Å². The van der Waals surface area contributed by atoms with Crippen LogP contribution < -0.4 is 9.46 Å². The van der Waals surface area contributed by atoms with Crippen molar-refractivity contribution in [3.63, 3.8) is 0 Å². The largest absolute Gasteiger partial charge is 0.495 e. The van der Waals surface area contributed by atoms with E-state index in [1.807, 2.05) is 0 Å². The maximum atomic E-state index is 12.7. The number of sulfonamides is 1. The van der Waals surface area contributed by atoms with Crippen molar-refractivity contribution in [3.8, 4) is 5.75 Å². The smallest absolute Gasteiger partial charge is 0.343 e. The minimum Gasteiger partial charge on any atom is -0.495 e. The third kappa shape index (κ3) is 3.51. The van der Waals surface area contributed by atoms with Crippen LogP contribution in [0.5, 0.6) is 5.75 Å². The SMILES string of the molecule is CCOC(=O)c1cnn(C)c1NS(=O)(=O)c1cc(C)ccc1OC. The molecule has 0 aliphatic rings. The maximum absolute atomic E-state index is 12.7. The number of anilines is 1. The van der Waals surface area contributed by atoms with Gasteiger partial charge in [0.2, 0.25) is 0 Å². The molecule has 0 fully saturated rings. The molecule has 0 aliphatic heterocycles. The van der Waals surface area contributed by atoms with Gasteiger partial charge in [-0.3, -0.25) is 9.40 Å². The molecule has 0 atom stereocenters.